The Morgan fingerprint density at radius 1 is 1.04 bits per heavy atom. The van der Waals surface area contributed by atoms with Crippen molar-refractivity contribution in [2.45, 2.75) is 0 Å². The number of rotatable bonds is 7. The average Bonchev–Trinajstić information content (AvgIpc) is 2.52. The zero-order chi connectivity index (χ0) is 17.5. The molecule has 0 heterocycles. The standard InChI is InChI=1S/C17H17Cl3N2O2/c1-22(9-10-24-17-13(19)6-4-7-14(17)20)11-16(23)21-15-8-3-2-5-12(15)18/h2-8H,9-11H2,1H3,(H,21,23). The van der Waals surface area contributed by atoms with Crippen LogP contribution < -0.4 is 10.1 Å². The molecule has 1 amide bonds. The number of amides is 1. The van der Waals surface area contributed by atoms with Crippen LogP contribution in [0, 0.1) is 0 Å². The van der Waals surface area contributed by atoms with E-state index in [0.717, 1.165) is 0 Å². The largest absolute Gasteiger partial charge is 0.489 e. The molecule has 128 valence electrons. The molecule has 0 saturated carbocycles. The number of hydrogen-bond donors (Lipinski definition) is 1. The fourth-order valence-electron chi connectivity index (χ4n) is 2.00. The minimum atomic E-state index is -0.152. The Hall–Kier alpha value is -1.46. The number of ether oxygens (including phenoxy) is 1. The number of benzene rings is 2. The van der Waals surface area contributed by atoms with Crippen LogP contribution in [-0.4, -0.2) is 37.6 Å². The molecule has 7 heteroatoms. The fourth-order valence-corrected chi connectivity index (χ4v) is 2.69. The first-order valence-electron chi connectivity index (χ1n) is 7.27. The number of likely N-dealkylation sites (N-methyl/N-ethyl adjacent to an activating group) is 1. The minimum absolute atomic E-state index is 0.152. The van der Waals surface area contributed by atoms with Gasteiger partial charge in [-0.15, -0.1) is 0 Å². The SMILES string of the molecule is CN(CCOc1c(Cl)cccc1Cl)CC(=O)Nc1ccccc1Cl. The van der Waals surface area contributed by atoms with Gasteiger partial charge in [-0.05, 0) is 31.3 Å². The Kier molecular flexibility index (Phi) is 7.18. The third-order valence-corrected chi connectivity index (χ3v) is 4.12. The van der Waals surface area contributed by atoms with Crippen molar-refractivity contribution in [1.29, 1.82) is 0 Å². The van der Waals surface area contributed by atoms with Crippen LogP contribution in [0.5, 0.6) is 5.75 Å². The van der Waals surface area contributed by atoms with Crippen LogP contribution in [0.25, 0.3) is 0 Å². The van der Waals surface area contributed by atoms with Gasteiger partial charge in [0.15, 0.2) is 5.75 Å². The van der Waals surface area contributed by atoms with Crippen molar-refractivity contribution in [1.82, 2.24) is 4.90 Å². The molecular formula is C17H17Cl3N2O2. The number of hydrogen-bond acceptors (Lipinski definition) is 3. The second kappa shape index (κ2) is 9.14. The van der Waals surface area contributed by atoms with Crippen molar-refractivity contribution in [2.24, 2.45) is 0 Å². The van der Waals surface area contributed by atoms with E-state index in [1.807, 2.05) is 18.0 Å². The summed E-state index contributed by atoms with van der Waals surface area (Å²) in [6.07, 6.45) is 0. The second-order valence-electron chi connectivity index (χ2n) is 5.17. The molecule has 0 aliphatic rings. The number of nitrogens with zero attached hydrogens (tertiary/aromatic N) is 1. The summed E-state index contributed by atoms with van der Waals surface area (Å²) in [6, 6.07) is 12.3. The van der Waals surface area contributed by atoms with Gasteiger partial charge in [0.05, 0.1) is 27.3 Å². The molecule has 0 unspecified atom stereocenters. The van der Waals surface area contributed by atoms with E-state index in [9.17, 15) is 4.79 Å². The highest BCUT2D eigenvalue weighted by Crippen LogP contribution is 2.32. The monoisotopic (exact) mass is 386 g/mol. The molecule has 24 heavy (non-hydrogen) atoms. The third kappa shape index (κ3) is 5.56. The van der Waals surface area contributed by atoms with Gasteiger partial charge in [0.2, 0.25) is 5.91 Å². The van der Waals surface area contributed by atoms with E-state index in [2.05, 4.69) is 5.32 Å². The maximum absolute atomic E-state index is 12.0. The first-order chi connectivity index (χ1) is 11.5. The lowest BCUT2D eigenvalue weighted by Crippen LogP contribution is -2.33. The highest BCUT2D eigenvalue weighted by molar-refractivity contribution is 6.37. The van der Waals surface area contributed by atoms with Gasteiger partial charge in [0.1, 0.15) is 6.61 Å². The van der Waals surface area contributed by atoms with Crippen molar-refractivity contribution in [3.63, 3.8) is 0 Å². The number of para-hydroxylation sites is 2. The van der Waals surface area contributed by atoms with E-state index < -0.39 is 0 Å². The van der Waals surface area contributed by atoms with Crippen molar-refractivity contribution < 1.29 is 9.53 Å². The van der Waals surface area contributed by atoms with Crippen molar-refractivity contribution in [2.75, 3.05) is 32.1 Å². The van der Waals surface area contributed by atoms with Crippen LogP contribution in [0.1, 0.15) is 0 Å². The molecule has 2 aromatic carbocycles. The zero-order valence-corrected chi connectivity index (χ0v) is 15.3. The lowest BCUT2D eigenvalue weighted by molar-refractivity contribution is -0.117. The summed E-state index contributed by atoms with van der Waals surface area (Å²) >= 11 is 18.1. The highest BCUT2D eigenvalue weighted by Gasteiger charge is 2.10. The summed E-state index contributed by atoms with van der Waals surface area (Å²) < 4.78 is 5.60. The Morgan fingerprint density at radius 2 is 1.67 bits per heavy atom. The summed E-state index contributed by atoms with van der Waals surface area (Å²) in [6.45, 7) is 1.11. The molecule has 2 rings (SSSR count). The molecule has 0 aliphatic heterocycles. The number of anilines is 1. The van der Waals surface area contributed by atoms with Crippen LogP contribution in [0.15, 0.2) is 42.5 Å². The second-order valence-corrected chi connectivity index (χ2v) is 6.39. The van der Waals surface area contributed by atoms with Crippen LogP contribution >= 0.6 is 34.8 Å². The van der Waals surface area contributed by atoms with Gasteiger partial charge in [0.25, 0.3) is 0 Å². The molecule has 0 atom stereocenters. The predicted octanol–water partition coefficient (Wildman–Crippen LogP) is 4.60. The van der Waals surface area contributed by atoms with Gasteiger partial charge in [-0.3, -0.25) is 9.69 Å². The Bertz CT molecular complexity index is 690. The Labute approximate surface area is 156 Å². The van der Waals surface area contributed by atoms with Gasteiger partial charge < -0.3 is 10.1 Å². The summed E-state index contributed by atoms with van der Waals surface area (Å²) in [5.74, 6) is 0.302. The molecule has 0 aromatic heterocycles. The summed E-state index contributed by atoms with van der Waals surface area (Å²) in [4.78, 5) is 13.9. The highest BCUT2D eigenvalue weighted by atomic mass is 35.5. The first kappa shape index (κ1) is 18.9. The van der Waals surface area contributed by atoms with Gasteiger partial charge in [0, 0.05) is 6.54 Å². The normalized spacial score (nSPS) is 10.7. The molecule has 0 bridgehead atoms. The van der Waals surface area contributed by atoms with Crippen molar-refractivity contribution in [3.8, 4) is 5.75 Å². The van der Waals surface area contributed by atoms with Crippen LogP contribution in [0.3, 0.4) is 0 Å². The lowest BCUT2D eigenvalue weighted by atomic mass is 10.3. The van der Waals surface area contributed by atoms with Crippen molar-refractivity contribution >= 4 is 46.4 Å². The maximum atomic E-state index is 12.0. The van der Waals surface area contributed by atoms with Crippen molar-refractivity contribution in [3.05, 3.63) is 57.5 Å². The average molecular weight is 388 g/mol. The predicted molar refractivity (Wildman–Crippen MR) is 99.5 cm³/mol. The van der Waals surface area contributed by atoms with E-state index in [1.54, 1.807) is 36.4 Å². The minimum Gasteiger partial charge on any atom is -0.489 e. The third-order valence-electron chi connectivity index (χ3n) is 3.20. The summed E-state index contributed by atoms with van der Waals surface area (Å²) in [5, 5.41) is 4.20. The molecule has 0 spiro atoms. The lowest BCUT2D eigenvalue weighted by Gasteiger charge is -2.17. The van der Waals surface area contributed by atoms with Gasteiger partial charge in [-0.2, -0.15) is 0 Å². The molecular weight excluding hydrogens is 371 g/mol. The first-order valence-corrected chi connectivity index (χ1v) is 8.40. The van der Waals surface area contributed by atoms with E-state index in [0.29, 0.717) is 39.7 Å². The van der Waals surface area contributed by atoms with Gasteiger partial charge in [-0.1, -0.05) is 53.0 Å². The van der Waals surface area contributed by atoms with Crippen LogP contribution in [0.4, 0.5) is 5.69 Å². The summed E-state index contributed by atoms with van der Waals surface area (Å²) in [5.41, 5.74) is 0.594. The quantitative estimate of drug-likeness (QED) is 0.755. The summed E-state index contributed by atoms with van der Waals surface area (Å²) in [7, 11) is 1.82. The molecule has 0 fully saturated rings. The maximum Gasteiger partial charge on any atom is 0.238 e. The topological polar surface area (TPSA) is 41.6 Å². The molecule has 2 aromatic rings. The van der Waals surface area contributed by atoms with Gasteiger partial charge in [-0.25, -0.2) is 0 Å². The molecule has 0 aliphatic carbocycles. The number of halogens is 3. The van der Waals surface area contributed by atoms with E-state index in [1.165, 1.54) is 0 Å². The number of carbonyl (C=O) groups is 1. The van der Waals surface area contributed by atoms with Crippen LogP contribution in [-0.2, 0) is 4.79 Å². The molecule has 4 nitrogen and oxygen atoms in total. The molecule has 0 saturated heterocycles. The zero-order valence-electron chi connectivity index (χ0n) is 13.1. The van der Waals surface area contributed by atoms with Gasteiger partial charge >= 0.3 is 0 Å². The number of nitrogens with one attached hydrogen (secondary N) is 1. The smallest absolute Gasteiger partial charge is 0.238 e. The van der Waals surface area contributed by atoms with E-state index in [4.69, 9.17) is 39.5 Å². The van der Waals surface area contributed by atoms with E-state index in [-0.39, 0.29) is 12.5 Å². The Morgan fingerprint density at radius 3 is 2.33 bits per heavy atom. The fraction of sp³-hybridized carbons (Fsp3) is 0.235. The molecule has 1 N–H and O–H groups in total. The number of carbonyl (C=O) groups excluding carboxylic acids is 1. The van der Waals surface area contributed by atoms with Crippen LogP contribution in [0.2, 0.25) is 15.1 Å². The Balaban J connectivity index is 1.78. The van der Waals surface area contributed by atoms with E-state index >= 15 is 0 Å². The molecule has 0 radical (unpaired) electrons.